The predicted octanol–water partition coefficient (Wildman–Crippen LogP) is -2.88. The fourth-order valence-electron chi connectivity index (χ4n) is 1.87. The van der Waals surface area contributed by atoms with Gasteiger partial charge in [0.05, 0.1) is 0 Å². The van der Waals surface area contributed by atoms with Crippen LogP contribution in [0.25, 0.3) is 0 Å². The molecule has 2 rings (SSSR count). The van der Waals surface area contributed by atoms with E-state index in [1.807, 2.05) is 0 Å². The normalized spacial score (nSPS) is 11.7. The molecule has 0 spiro atoms. The van der Waals surface area contributed by atoms with Crippen molar-refractivity contribution in [1.29, 1.82) is 0 Å². The van der Waals surface area contributed by atoms with Crippen LogP contribution in [0.2, 0.25) is 13.1 Å². The summed E-state index contributed by atoms with van der Waals surface area (Å²) in [6.07, 6.45) is 5.44. The molecule has 16 heavy (non-hydrogen) atoms. The second kappa shape index (κ2) is 12.5. The first kappa shape index (κ1) is 22.2. The van der Waals surface area contributed by atoms with E-state index in [0.29, 0.717) is 0 Å². The molecule has 2 radical (unpaired) electrons. The minimum absolute atomic E-state index is 0. The van der Waals surface area contributed by atoms with Gasteiger partial charge in [-0.25, -0.2) is 6.07 Å². The molecule has 4 heteroatoms. The number of hydrogen-bond acceptors (Lipinski definition) is 0. The van der Waals surface area contributed by atoms with Crippen LogP contribution >= 0.6 is 0 Å². The van der Waals surface area contributed by atoms with Crippen molar-refractivity contribution < 1.29 is 51.0 Å². The average molecular weight is 355 g/mol. The van der Waals surface area contributed by atoms with Crippen LogP contribution in [0.15, 0.2) is 12.1 Å². The van der Waals surface area contributed by atoms with E-state index in [9.17, 15) is 0 Å². The van der Waals surface area contributed by atoms with E-state index in [4.69, 9.17) is 0 Å². The van der Waals surface area contributed by atoms with Gasteiger partial charge in [0.2, 0.25) is 0 Å². The maximum atomic E-state index is 2.34. The van der Waals surface area contributed by atoms with Crippen molar-refractivity contribution >= 4 is 9.52 Å². The second-order valence-corrected chi connectivity index (χ2v) is 5.02. The van der Waals surface area contributed by atoms with E-state index in [1.54, 1.807) is 11.1 Å². The first-order valence-electron chi connectivity index (χ1n) is 5.27. The molecule has 0 bridgehead atoms. The van der Waals surface area contributed by atoms with Crippen LogP contribution in [0.4, 0.5) is 0 Å². The van der Waals surface area contributed by atoms with Crippen molar-refractivity contribution in [1.82, 2.24) is 0 Å². The van der Waals surface area contributed by atoms with Gasteiger partial charge in [-0.05, 0) is 0 Å². The van der Waals surface area contributed by atoms with Crippen LogP contribution in [0.1, 0.15) is 29.5 Å². The molecular formula is C12H20Cl2SiZr. The summed E-state index contributed by atoms with van der Waals surface area (Å²) in [5.41, 5.74) is 4.68. The Morgan fingerprint density at radius 3 is 2.12 bits per heavy atom. The molecule has 0 heterocycles. The van der Waals surface area contributed by atoms with Crippen molar-refractivity contribution in [2.45, 2.75) is 45.7 Å². The summed E-state index contributed by atoms with van der Waals surface area (Å²) in [7, 11) is 0.750. The molecule has 0 unspecified atom stereocenters. The third-order valence-corrected chi connectivity index (χ3v) is 2.36. The molecule has 1 aliphatic rings. The van der Waals surface area contributed by atoms with Crippen molar-refractivity contribution in [2.75, 3.05) is 0 Å². The summed E-state index contributed by atoms with van der Waals surface area (Å²) in [5, 5.41) is 0. The molecule has 0 N–H and O–H groups in total. The smallest absolute Gasteiger partial charge is 1.00 e. The molecule has 0 aliphatic heterocycles. The summed E-state index contributed by atoms with van der Waals surface area (Å²) >= 11 is 0. The zero-order valence-electron chi connectivity index (χ0n) is 10.3. The molecular weight excluding hydrogens is 334 g/mol. The first-order chi connectivity index (χ1) is 6.27. The zero-order chi connectivity index (χ0) is 9.68. The monoisotopic (exact) mass is 352 g/mol. The van der Waals surface area contributed by atoms with E-state index >= 15 is 0 Å². The molecule has 0 nitrogen and oxygen atoms in total. The minimum Gasteiger partial charge on any atom is -1.00 e. The Bertz CT molecular complexity index is 238. The quantitative estimate of drug-likeness (QED) is 0.347. The molecule has 1 aromatic rings. The van der Waals surface area contributed by atoms with Gasteiger partial charge < -0.3 is 24.8 Å². The van der Waals surface area contributed by atoms with Gasteiger partial charge in [0.25, 0.3) is 0 Å². The van der Waals surface area contributed by atoms with Gasteiger partial charge >= 0.3 is 26.2 Å². The molecule has 0 amide bonds. The Hall–Kier alpha value is 1.03. The van der Waals surface area contributed by atoms with Crippen molar-refractivity contribution in [3.05, 3.63) is 28.8 Å². The van der Waals surface area contributed by atoms with Crippen molar-refractivity contribution in [3.8, 4) is 0 Å². The van der Waals surface area contributed by atoms with E-state index in [0.717, 1.165) is 9.52 Å². The zero-order valence-corrected chi connectivity index (χ0v) is 15.4. The maximum absolute atomic E-state index is 2.34. The van der Waals surface area contributed by atoms with Crippen LogP contribution < -0.4 is 24.8 Å². The van der Waals surface area contributed by atoms with Gasteiger partial charge in [0.1, 0.15) is 0 Å². The molecule has 0 saturated heterocycles. The van der Waals surface area contributed by atoms with Crippen molar-refractivity contribution in [2.24, 2.45) is 0 Å². The Balaban J connectivity index is -0.000000258. The predicted molar refractivity (Wildman–Crippen MR) is 62.3 cm³/mol. The Labute approximate surface area is 134 Å². The third kappa shape index (κ3) is 7.37. The maximum Gasteiger partial charge on any atom is 3.00 e. The van der Waals surface area contributed by atoms with E-state index in [1.165, 1.54) is 31.2 Å². The van der Waals surface area contributed by atoms with Crippen LogP contribution in [0.5, 0.6) is 0 Å². The number of aryl methyl sites for hydroxylation is 3. The topological polar surface area (TPSA) is 0 Å². The largest absolute Gasteiger partial charge is 3.00 e. The second-order valence-electron chi connectivity index (χ2n) is 3.87. The summed E-state index contributed by atoms with van der Waals surface area (Å²) in [4.78, 5) is 0. The summed E-state index contributed by atoms with van der Waals surface area (Å²) in [5.74, 6) is 0. The number of rotatable bonds is 0. The minimum atomic E-state index is 0. The average Bonchev–Trinajstić information content (AvgIpc) is 2.45. The van der Waals surface area contributed by atoms with E-state index in [-0.39, 0.29) is 51.0 Å². The van der Waals surface area contributed by atoms with Crippen LogP contribution in [0.3, 0.4) is 0 Å². The van der Waals surface area contributed by atoms with Gasteiger partial charge in [-0.2, -0.15) is 22.8 Å². The molecule has 90 valence electrons. The Morgan fingerprint density at radius 2 is 1.62 bits per heavy atom. The summed E-state index contributed by atoms with van der Waals surface area (Å²) < 4.78 is 0. The molecule has 0 fully saturated rings. The van der Waals surface area contributed by atoms with E-state index in [2.05, 4.69) is 32.2 Å². The summed E-state index contributed by atoms with van der Waals surface area (Å²) in [6.45, 7) is 6.61. The SMILES string of the molecule is C[SiH]C.Cc1cc2c([cH-]1)CCCC2.[Cl-].[Cl-].[Zr+3]. The van der Waals surface area contributed by atoms with Gasteiger partial charge in [0.15, 0.2) is 0 Å². The van der Waals surface area contributed by atoms with Crippen LogP contribution in [0, 0.1) is 6.92 Å². The summed E-state index contributed by atoms with van der Waals surface area (Å²) in [6, 6.07) is 4.68. The third-order valence-electron chi connectivity index (χ3n) is 2.36. The van der Waals surface area contributed by atoms with Gasteiger partial charge in [-0.1, -0.05) is 45.7 Å². The standard InChI is InChI=1S/C10H13.C2H7Si.2ClH.Zr/c1-8-6-9-4-2-3-5-10(9)7-8;1-3-2;;;/h6-7H,2-5H2,1H3;3H,1-2H3;2*1H;/q-1;;;;+3/p-2. The number of halogens is 2. The molecule has 1 aromatic carbocycles. The van der Waals surface area contributed by atoms with Gasteiger partial charge in [-0.3, -0.25) is 0 Å². The molecule has 0 saturated carbocycles. The van der Waals surface area contributed by atoms with Gasteiger partial charge in [0, 0.05) is 9.52 Å². The fraction of sp³-hybridized carbons (Fsp3) is 0.583. The molecule has 1 aliphatic carbocycles. The first-order valence-corrected chi connectivity index (χ1v) is 7.58. The van der Waals surface area contributed by atoms with Crippen LogP contribution in [-0.4, -0.2) is 9.52 Å². The van der Waals surface area contributed by atoms with E-state index < -0.39 is 0 Å². The Morgan fingerprint density at radius 1 is 1.12 bits per heavy atom. The van der Waals surface area contributed by atoms with Gasteiger partial charge in [-0.15, -0.1) is 0 Å². The number of fused-ring (bicyclic) bond motifs is 1. The number of hydrogen-bond donors (Lipinski definition) is 0. The Kier molecular flexibility index (Phi) is 17.3. The molecule has 0 aromatic heterocycles. The fourth-order valence-corrected chi connectivity index (χ4v) is 1.87. The van der Waals surface area contributed by atoms with Crippen molar-refractivity contribution in [3.63, 3.8) is 0 Å². The molecule has 0 atom stereocenters. The van der Waals surface area contributed by atoms with Crippen LogP contribution in [-0.2, 0) is 39.0 Å².